The van der Waals surface area contributed by atoms with Gasteiger partial charge in [-0.15, -0.1) is 35.3 Å². The molecule has 0 spiro atoms. The highest BCUT2D eigenvalue weighted by Crippen LogP contribution is 2.59. The monoisotopic (exact) mass is 335 g/mol. The molecule has 110 valence electrons. The average Bonchev–Trinajstić information content (AvgIpc) is 3.01. The highest BCUT2D eigenvalue weighted by molar-refractivity contribution is 8.31. The highest BCUT2D eigenvalue weighted by atomic mass is 32.2. The number of rotatable bonds is 4. The van der Waals surface area contributed by atoms with Crippen molar-refractivity contribution in [3.63, 3.8) is 0 Å². The van der Waals surface area contributed by atoms with Crippen molar-refractivity contribution in [2.24, 2.45) is 5.92 Å². The van der Waals surface area contributed by atoms with Crippen LogP contribution in [0.25, 0.3) is 0 Å². The van der Waals surface area contributed by atoms with Crippen LogP contribution in [0.1, 0.15) is 40.5 Å². The molecule has 4 atom stereocenters. The van der Waals surface area contributed by atoms with Gasteiger partial charge in [0.05, 0.1) is 13.8 Å². The Morgan fingerprint density at radius 2 is 1.53 bits per heavy atom. The third-order valence-electron chi connectivity index (χ3n) is 3.61. The summed E-state index contributed by atoms with van der Waals surface area (Å²) in [4.78, 5) is 0. The van der Waals surface area contributed by atoms with Gasteiger partial charge in [-0.2, -0.15) is 0 Å². The maximum atomic E-state index is 3.47. The van der Waals surface area contributed by atoms with Gasteiger partial charge in [-0.05, 0) is 25.8 Å². The van der Waals surface area contributed by atoms with Crippen molar-refractivity contribution in [2.75, 3.05) is 7.05 Å². The smallest absolute Gasteiger partial charge is 0.0706 e. The van der Waals surface area contributed by atoms with Crippen LogP contribution >= 0.6 is 47.0 Å². The summed E-state index contributed by atoms with van der Waals surface area (Å²) in [7, 11) is 2.09. The SMILES string of the molecule is CCC1SC(=C2SC(CC)C(C(C)C)S2)SC1NC. The second-order valence-corrected chi connectivity index (χ2v) is 10.7. The lowest BCUT2D eigenvalue weighted by molar-refractivity contribution is 0.582. The second kappa shape index (κ2) is 7.39. The molecular weight excluding hydrogens is 310 g/mol. The van der Waals surface area contributed by atoms with Crippen LogP contribution in [0.4, 0.5) is 0 Å². The second-order valence-electron chi connectivity index (χ2n) is 5.36. The predicted molar refractivity (Wildman–Crippen MR) is 97.0 cm³/mol. The zero-order valence-corrected chi connectivity index (χ0v) is 15.7. The van der Waals surface area contributed by atoms with Gasteiger partial charge in [0, 0.05) is 15.7 Å². The fourth-order valence-corrected chi connectivity index (χ4v) is 9.65. The van der Waals surface area contributed by atoms with Crippen molar-refractivity contribution in [1.29, 1.82) is 0 Å². The van der Waals surface area contributed by atoms with E-state index in [-0.39, 0.29) is 0 Å². The number of thioether (sulfide) groups is 4. The minimum atomic E-state index is 0.594. The fourth-order valence-electron chi connectivity index (χ4n) is 2.47. The minimum Gasteiger partial charge on any atom is -0.307 e. The van der Waals surface area contributed by atoms with Gasteiger partial charge in [-0.1, -0.05) is 39.5 Å². The molecule has 0 aromatic heterocycles. The number of hydrogen-bond acceptors (Lipinski definition) is 5. The molecule has 0 saturated carbocycles. The van der Waals surface area contributed by atoms with E-state index in [4.69, 9.17) is 0 Å². The van der Waals surface area contributed by atoms with Gasteiger partial charge in [0.25, 0.3) is 0 Å². The molecule has 0 aliphatic carbocycles. The summed E-state index contributed by atoms with van der Waals surface area (Å²) in [6.45, 7) is 9.38. The van der Waals surface area contributed by atoms with Gasteiger partial charge >= 0.3 is 0 Å². The number of nitrogens with one attached hydrogen (secondary N) is 1. The Balaban J connectivity index is 2.12. The molecule has 0 amide bonds. The molecule has 0 aromatic rings. The fraction of sp³-hybridized carbons (Fsp3) is 0.857. The lowest BCUT2D eigenvalue weighted by atomic mass is 10.1. The largest absolute Gasteiger partial charge is 0.307 e. The van der Waals surface area contributed by atoms with Crippen LogP contribution in [0.2, 0.25) is 0 Å². The van der Waals surface area contributed by atoms with Crippen LogP contribution in [0, 0.1) is 5.92 Å². The Morgan fingerprint density at radius 1 is 0.947 bits per heavy atom. The zero-order valence-electron chi connectivity index (χ0n) is 12.4. The van der Waals surface area contributed by atoms with E-state index in [1.807, 2.05) is 0 Å². The topological polar surface area (TPSA) is 12.0 Å². The molecular formula is C14H25NS4. The summed E-state index contributed by atoms with van der Waals surface area (Å²) in [6, 6.07) is 0. The van der Waals surface area contributed by atoms with Crippen LogP contribution in [-0.4, -0.2) is 28.2 Å². The van der Waals surface area contributed by atoms with Crippen LogP contribution in [-0.2, 0) is 0 Å². The van der Waals surface area contributed by atoms with E-state index in [1.54, 1.807) is 8.47 Å². The molecule has 0 radical (unpaired) electrons. The third kappa shape index (κ3) is 3.65. The Hall–Kier alpha value is 1.10. The molecule has 2 aliphatic rings. The van der Waals surface area contributed by atoms with Crippen molar-refractivity contribution in [1.82, 2.24) is 5.32 Å². The van der Waals surface area contributed by atoms with Crippen LogP contribution in [0.15, 0.2) is 8.47 Å². The van der Waals surface area contributed by atoms with Gasteiger partial charge in [0.15, 0.2) is 0 Å². The lowest BCUT2D eigenvalue weighted by Gasteiger charge is -2.18. The third-order valence-corrected chi connectivity index (χ3v) is 11.1. The molecule has 1 N–H and O–H groups in total. The summed E-state index contributed by atoms with van der Waals surface area (Å²) >= 11 is 8.45. The molecule has 2 saturated heterocycles. The first-order valence-corrected chi connectivity index (χ1v) is 10.7. The molecule has 4 unspecified atom stereocenters. The van der Waals surface area contributed by atoms with E-state index < -0.39 is 0 Å². The van der Waals surface area contributed by atoms with Crippen molar-refractivity contribution in [2.45, 2.75) is 61.7 Å². The maximum Gasteiger partial charge on any atom is 0.0706 e. The summed E-state index contributed by atoms with van der Waals surface area (Å²) < 4.78 is 3.19. The molecule has 5 heteroatoms. The van der Waals surface area contributed by atoms with Gasteiger partial charge < -0.3 is 5.32 Å². The van der Waals surface area contributed by atoms with Gasteiger partial charge in [0.1, 0.15) is 0 Å². The van der Waals surface area contributed by atoms with Crippen LogP contribution in [0.5, 0.6) is 0 Å². The average molecular weight is 336 g/mol. The quantitative estimate of drug-likeness (QED) is 0.755. The van der Waals surface area contributed by atoms with Gasteiger partial charge in [-0.25, -0.2) is 0 Å². The van der Waals surface area contributed by atoms with Crippen molar-refractivity contribution >= 4 is 47.0 Å². The number of hydrogen-bond donors (Lipinski definition) is 1. The Kier molecular flexibility index (Phi) is 6.41. The highest BCUT2D eigenvalue weighted by Gasteiger charge is 2.38. The lowest BCUT2D eigenvalue weighted by Crippen LogP contribution is -2.28. The molecule has 0 aromatic carbocycles. The van der Waals surface area contributed by atoms with E-state index >= 15 is 0 Å². The van der Waals surface area contributed by atoms with Crippen LogP contribution < -0.4 is 5.32 Å². The molecule has 2 fully saturated rings. The van der Waals surface area contributed by atoms with E-state index in [0.29, 0.717) is 5.37 Å². The molecule has 2 heterocycles. The molecule has 2 rings (SSSR count). The molecule has 19 heavy (non-hydrogen) atoms. The van der Waals surface area contributed by atoms with Crippen LogP contribution in [0.3, 0.4) is 0 Å². The van der Waals surface area contributed by atoms with Crippen molar-refractivity contribution < 1.29 is 0 Å². The molecule has 0 bridgehead atoms. The van der Waals surface area contributed by atoms with E-state index in [0.717, 1.165) is 21.7 Å². The predicted octanol–water partition coefficient (Wildman–Crippen LogP) is 5.20. The normalized spacial score (nSPS) is 39.5. The molecule has 2 aliphatic heterocycles. The summed E-state index contributed by atoms with van der Waals surface area (Å²) in [5.74, 6) is 0.777. The summed E-state index contributed by atoms with van der Waals surface area (Å²) in [6.07, 6.45) is 2.54. The first kappa shape index (κ1) is 16.5. The minimum absolute atomic E-state index is 0.594. The Bertz CT molecular complexity index is 328. The molecule has 1 nitrogen and oxygen atoms in total. The van der Waals surface area contributed by atoms with E-state index in [1.165, 1.54) is 12.8 Å². The van der Waals surface area contributed by atoms with E-state index in [2.05, 4.69) is 87.1 Å². The van der Waals surface area contributed by atoms with Gasteiger partial charge in [-0.3, -0.25) is 0 Å². The summed E-state index contributed by atoms with van der Waals surface area (Å²) in [5, 5.41) is 6.40. The first-order valence-electron chi connectivity index (χ1n) is 7.18. The van der Waals surface area contributed by atoms with Crippen molar-refractivity contribution in [3.05, 3.63) is 8.47 Å². The summed E-state index contributed by atoms with van der Waals surface area (Å²) in [5.41, 5.74) is 0. The Labute approximate surface area is 135 Å². The standard InChI is InChI=1S/C14H25NS4/c1-6-9-11(8(3)4)18-13(16-9)14-17-10(7-2)12(15-5)19-14/h8-12,15H,6-7H2,1-5H3. The van der Waals surface area contributed by atoms with Crippen molar-refractivity contribution in [3.8, 4) is 0 Å². The van der Waals surface area contributed by atoms with E-state index in [9.17, 15) is 0 Å². The zero-order chi connectivity index (χ0) is 14.0. The first-order chi connectivity index (χ1) is 9.10. The maximum absolute atomic E-state index is 3.47. The van der Waals surface area contributed by atoms with Gasteiger partial charge in [0.2, 0.25) is 0 Å². The Morgan fingerprint density at radius 3 is 1.95 bits per heavy atom.